The normalized spacial score (nSPS) is 11.7. The van der Waals surface area contributed by atoms with Gasteiger partial charge in [0.2, 0.25) is 11.8 Å². The minimum Gasteiger partial charge on any atom is -0.469 e. The molecule has 0 aliphatic carbocycles. The molecule has 0 radical (unpaired) electrons. The van der Waals surface area contributed by atoms with E-state index >= 15 is 0 Å². The summed E-state index contributed by atoms with van der Waals surface area (Å²) in [6.45, 7) is 3.54. The van der Waals surface area contributed by atoms with E-state index in [4.69, 9.17) is 5.73 Å². The average molecular weight is 335 g/mol. The molecule has 1 aromatic rings. The summed E-state index contributed by atoms with van der Waals surface area (Å²) in [6, 6.07) is 6.50. The lowest BCUT2D eigenvalue weighted by Gasteiger charge is -2.15. The first kappa shape index (κ1) is 19.6. The number of aryl methyl sites for hydroxylation is 1. The summed E-state index contributed by atoms with van der Waals surface area (Å²) in [6.07, 6.45) is 0.883. The molecular formula is C17H25N3O4. The highest BCUT2D eigenvalue weighted by molar-refractivity contribution is 5.95. The Morgan fingerprint density at radius 2 is 1.79 bits per heavy atom. The molecule has 7 nitrogen and oxygen atoms in total. The predicted octanol–water partition coefficient (Wildman–Crippen LogP) is 0.830. The third kappa shape index (κ3) is 6.78. The van der Waals surface area contributed by atoms with Gasteiger partial charge in [0.05, 0.1) is 19.7 Å². The number of hydrogen-bond donors (Lipinski definition) is 3. The van der Waals surface area contributed by atoms with Gasteiger partial charge in [-0.1, -0.05) is 26.0 Å². The van der Waals surface area contributed by atoms with Gasteiger partial charge in [-0.3, -0.25) is 14.4 Å². The number of benzene rings is 1. The fraction of sp³-hybridized carbons (Fsp3) is 0.471. The minimum atomic E-state index is -0.633. The van der Waals surface area contributed by atoms with E-state index in [1.165, 1.54) is 7.11 Å². The molecule has 2 amide bonds. The summed E-state index contributed by atoms with van der Waals surface area (Å²) in [7, 11) is 1.35. The van der Waals surface area contributed by atoms with Crippen LogP contribution in [0.15, 0.2) is 24.3 Å². The van der Waals surface area contributed by atoms with Crippen LogP contribution < -0.4 is 16.4 Å². The molecule has 0 fully saturated rings. The van der Waals surface area contributed by atoms with Gasteiger partial charge >= 0.3 is 5.97 Å². The molecule has 0 heterocycles. The molecule has 0 spiro atoms. The highest BCUT2D eigenvalue weighted by Crippen LogP contribution is 2.11. The summed E-state index contributed by atoms with van der Waals surface area (Å²) in [5.41, 5.74) is 7.28. The highest BCUT2D eigenvalue weighted by Gasteiger charge is 2.17. The molecule has 4 N–H and O–H groups in total. The number of esters is 1. The summed E-state index contributed by atoms with van der Waals surface area (Å²) in [5, 5.41) is 5.19. The second-order valence-electron chi connectivity index (χ2n) is 5.81. The van der Waals surface area contributed by atoms with Gasteiger partial charge in [0, 0.05) is 12.1 Å². The summed E-state index contributed by atoms with van der Waals surface area (Å²) >= 11 is 0. The van der Waals surface area contributed by atoms with E-state index in [1.54, 1.807) is 12.1 Å². The quantitative estimate of drug-likeness (QED) is 0.610. The third-order valence-corrected chi connectivity index (χ3v) is 3.53. The molecule has 0 saturated carbocycles. The number of ether oxygens (including phenoxy) is 1. The van der Waals surface area contributed by atoms with Crippen LogP contribution in [-0.4, -0.2) is 37.5 Å². The standard InChI is InChI=1S/C17H25N3O4/c1-11(2)16(18)17(23)19-10-14(21)20-13-7-4-12(5-8-13)6-9-15(22)24-3/h4-5,7-8,11,16H,6,9-10,18H2,1-3H3,(H,19,23)(H,20,21)/t16-/m0/s1. The molecule has 0 unspecified atom stereocenters. The van der Waals surface area contributed by atoms with Crippen LogP contribution in [-0.2, 0) is 25.5 Å². The van der Waals surface area contributed by atoms with Crippen molar-refractivity contribution in [3.63, 3.8) is 0 Å². The van der Waals surface area contributed by atoms with Crippen molar-refractivity contribution in [1.82, 2.24) is 5.32 Å². The van der Waals surface area contributed by atoms with Crippen molar-refractivity contribution in [1.29, 1.82) is 0 Å². The van der Waals surface area contributed by atoms with Crippen molar-refractivity contribution < 1.29 is 19.1 Å². The van der Waals surface area contributed by atoms with Gasteiger partial charge in [0.1, 0.15) is 0 Å². The van der Waals surface area contributed by atoms with E-state index in [1.807, 2.05) is 26.0 Å². The number of rotatable bonds is 8. The number of carbonyl (C=O) groups is 3. The van der Waals surface area contributed by atoms with Gasteiger partial charge in [-0.15, -0.1) is 0 Å². The second kappa shape index (κ2) is 9.67. The zero-order valence-corrected chi connectivity index (χ0v) is 14.3. The molecule has 1 rings (SSSR count). The first-order valence-corrected chi connectivity index (χ1v) is 7.82. The zero-order valence-electron chi connectivity index (χ0n) is 14.3. The van der Waals surface area contributed by atoms with Gasteiger partial charge in [-0.05, 0) is 30.0 Å². The smallest absolute Gasteiger partial charge is 0.305 e. The summed E-state index contributed by atoms with van der Waals surface area (Å²) in [4.78, 5) is 34.6. The van der Waals surface area contributed by atoms with Gasteiger partial charge in [-0.25, -0.2) is 0 Å². The lowest BCUT2D eigenvalue weighted by atomic mass is 10.1. The number of anilines is 1. The van der Waals surface area contributed by atoms with Crippen LogP contribution in [0.5, 0.6) is 0 Å². The van der Waals surface area contributed by atoms with E-state index in [0.29, 0.717) is 18.5 Å². The van der Waals surface area contributed by atoms with E-state index in [-0.39, 0.29) is 30.2 Å². The molecule has 0 bridgehead atoms. The molecule has 132 valence electrons. The highest BCUT2D eigenvalue weighted by atomic mass is 16.5. The Kier molecular flexibility index (Phi) is 7.91. The lowest BCUT2D eigenvalue weighted by molar-refractivity contribution is -0.140. The number of nitrogens with one attached hydrogen (secondary N) is 2. The predicted molar refractivity (Wildman–Crippen MR) is 91.2 cm³/mol. The number of methoxy groups -OCH3 is 1. The SMILES string of the molecule is COC(=O)CCc1ccc(NC(=O)CNC(=O)[C@@H](N)C(C)C)cc1. The summed E-state index contributed by atoms with van der Waals surface area (Å²) < 4.78 is 4.59. The minimum absolute atomic E-state index is 0.00518. The van der Waals surface area contributed by atoms with Crippen molar-refractivity contribution in [3.05, 3.63) is 29.8 Å². The molecule has 1 aromatic carbocycles. The van der Waals surface area contributed by atoms with Crippen LogP contribution in [0.25, 0.3) is 0 Å². The average Bonchev–Trinajstić information content (AvgIpc) is 2.57. The van der Waals surface area contributed by atoms with Crippen molar-refractivity contribution >= 4 is 23.5 Å². The van der Waals surface area contributed by atoms with Crippen molar-refractivity contribution in [2.75, 3.05) is 19.0 Å². The van der Waals surface area contributed by atoms with Crippen molar-refractivity contribution in [2.45, 2.75) is 32.7 Å². The van der Waals surface area contributed by atoms with E-state index in [9.17, 15) is 14.4 Å². The van der Waals surface area contributed by atoms with Gasteiger partial charge in [-0.2, -0.15) is 0 Å². The molecule has 24 heavy (non-hydrogen) atoms. The van der Waals surface area contributed by atoms with Crippen LogP contribution in [0.2, 0.25) is 0 Å². The number of amides is 2. The first-order chi connectivity index (χ1) is 11.3. The Hall–Kier alpha value is -2.41. The van der Waals surface area contributed by atoms with Crippen LogP contribution in [0.3, 0.4) is 0 Å². The third-order valence-electron chi connectivity index (χ3n) is 3.53. The lowest BCUT2D eigenvalue weighted by Crippen LogP contribution is -2.46. The fourth-order valence-electron chi connectivity index (χ4n) is 1.90. The van der Waals surface area contributed by atoms with Crippen LogP contribution in [0.4, 0.5) is 5.69 Å². The number of carbonyl (C=O) groups excluding carboxylic acids is 3. The van der Waals surface area contributed by atoms with Crippen LogP contribution >= 0.6 is 0 Å². The second-order valence-corrected chi connectivity index (χ2v) is 5.81. The first-order valence-electron chi connectivity index (χ1n) is 7.82. The van der Waals surface area contributed by atoms with Crippen LogP contribution in [0.1, 0.15) is 25.8 Å². The Labute approximate surface area is 141 Å². The van der Waals surface area contributed by atoms with Gasteiger partial charge in [0.25, 0.3) is 0 Å². The van der Waals surface area contributed by atoms with Gasteiger partial charge in [0.15, 0.2) is 0 Å². The Balaban J connectivity index is 2.42. The zero-order chi connectivity index (χ0) is 18.1. The maximum Gasteiger partial charge on any atom is 0.305 e. The molecule has 7 heteroatoms. The number of nitrogens with two attached hydrogens (primary N) is 1. The monoisotopic (exact) mass is 335 g/mol. The molecule has 0 saturated heterocycles. The molecule has 0 aliphatic rings. The maximum atomic E-state index is 11.8. The number of hydrogen-bond acceptors (Lipinski definition) is 5. The topological polar surface area (TPSA) is 111 Å². The molecule has 0 aromatic heterocycles. The van der Waals surface area contributed by atoms with E-state index < -0.39 is 6.04 Å². The molecular weight excluding hydrogens is 310 g/mol. The molecule has 0 aliphatic heterocycles. The molecule has 1 atom stereocenters. The van der Waals surface area contributed by atoms with E-state index in [0.717, 1.165) is 5.56 Å². The fourth-order valence-corrected chi connectivity index (χ4v) is 1.90. The van der Waals surface area contributed by atoms with Crippen molar-refractivity contribution in [3.8, 4) is 0 Å². The van der Waals surface area contributed by atoms with E-state index in [2.05, 4.69) is 15.4 Å². The Bertz CT molecular complexity index is 570. The van der Waals surface area contributed by atoms with Crippen molar-refractivity contribution in [2.24, 2.45) is 11.7 Å². The largest absolute Gasteiger partial charge is 0.469 e. The van der Waals surface area contributed by atoms with Crippen LogP contribution in [0, 0.1) is 5.92 Å². The Morgan fingerprint density at radius 1 is 1.17 bits per heavy atom. The Morgan fingerprint density at radius 3 is 2.33 bits per heavy atom. The van der Waals surface area contributed by atoms with Gasteiger partial charge < -0.3 is 21.1 Å². The maximum absolute atomic E-state index is 11.8. The summed E-state index contributed by atoms with van der Waals surface area (Å²) in [5.74, 6) is -0.937.